The molecule has 1 aromatic heterocycles. The van der Waals surface area contributed by atoms with Crippen molar-refractivity contribution in [2.45, 2.75) is 36.9 Å². The van der Waals surface area contributed by atoms with Crippen LogP contribution in [0.2, 0.25) is 0 Å². The summed E-state index contributed by atoms with van der Waals surface area (Å²) < 4.78 is 70.7. The van der Waals surface area contributed by atoms with Gasteiger partial charge in [0.2, 0.25) is 0 Å². The van der Waals surface area contributed by atoms with Gasteiger partial charge < -0.3 is 10.2 Å². The second-order valence-electron chi connectivity index (χ2n) is 8.00. The SMILES string of the molecule is O=S(=O)(Nc1cscn1)c1c(F)cc(NCc2c(F)cccc2CN2C=C3CC2C3)cc1F. The number of halogens is 3. The zero-order chi connectivity index (χ0) is 23.2. The Morgan fingerprint density at radius 1 is 1.12 bits per heavy atom. The fourth-order valence-corrected chi connectivity index (χ4v) is 5.79. The molecule has 2 bridgehead atoms. The number of aromatic nitrogens is 1. The van der Waals surface area contributed by atoms with Gasteiger partial charge >= 0.3 is 0 Å². The quantitative estimate of drug-likeness (QED) is 0.471. The summed E-state index contributed by atoms with van der Waals surface area (Å²) in [6.45, 7) is 0.532. The van der Waals surface area contributed by atoms with E-state index in [1.165, 1.54) is 22.5 Å². The number of anilines is 2. The Labute approximate surface area is 192 Å². The molecular formula is C22H19F3N4O2S2. The van der Waals surface area contributed by atoms with E-state index in [2.05, 4.69) is 21.4 Å². The average Bonchev–Trinajstić information content (AvgIpc) is 3.43. The number of nitrogens with zero attached hydrogens (tertiary/aromatic N) is 2. The molecule has 2 N–H and O–H groups in total. The van der Waals surface area contributed by atoms with E-state index in [1.54, 1.807) is 6.07 Å². The summed E-state index contributed by atoms with van der Waals surface area (Å²) in [5.74, 6) is -2.99. The standard InChI is InChI=1S/C22H19F3N4O2S2/c23-18-3-1-2-14(10-29-9-13-4-16(29)5-13)17(18)8-26-15-6-19(24)22(20(25)7-15)33(30,31)28-21-11-32-12-27-21/h1-3,6-7,9,11-12,16,26,28H,4-5,8,10H2. The number of fused-ring (bicyclic) bond motifs is 1. The molecule has 0 atom stereocenters. The van der Waals surface area contributed by atoms with Crippen molar-refractivity contribution in [3.8, 4) is 0 Å². The van der Waals surface area contributed by atoms with E-state index >= 15 is 0 Å². The van der Waals surface area contributed by atoms with Gasteiger partial charge in [-0.05, 0) is 42.8 Å². The zero-order valence-corrected chi connectivity index (χ0v) is 18.8. The van der Waals surface area contributed by atoms with E-state index in [0.29, 0.717) is 18.2 Å². The highest BCUT2D eigenvalue weighted by atomic mass is 32.2. The third-order valence-corrected chi connectivity index (χ3v) is 7.78. The van der Waals surface area contributed by atoms with E-state index in [9.17, 15) is 21.6 Å². The Hall–Kier alpha value is -3.05. The Bertz CT molecular complexity index is 1310. The highest BCUT2D eigenvalue weighted by molar-refractivity contribution is 7.92. The summed E-state index contributed by atoms with van der Waals surface area (Å²) in [7, 11) is -4.51. The van der Waals surface area contributed by atoms with Crippen molar-refractivity contribution >= 4 is 32.9 Å². The van der Waals surface area contributed by atoms with Crippen LogP contribution in [-0.2, 0) is 23.1 Å². The molecule has 0 spiro atoms. The highest BCUT2D eigenvalue weighted by Crippen LogP contribution is 2.40. The number of hydrogen-bond acceptors (Lipinski definition) is 6. The molecule has 3 heterocycles. The van der Waals surface area contributed by atoms with Crippen LogP contribution in [0, 0.1) is 17.5 Å². The molecule has 1 fully saturated rings. The molecule has 33 heavy (non-hydrogen) atoms. The molecule has 0 saturated heterocycles. The maximum absolute atomic E-state index is 14.6. The van der Waals surface area contributed by atoms with Crippen LogP contribution in [-0.4, -0.2) is 24.3 Å². The van der Waals surface area contributed by atoms with Gasteiger partial charge in [-0.15, -0.1) is 11.3 Å². The van der Waals surface area contributed by atoms with Crippen LogP contribution in [0.3, 0.4) is 0 Å². The minimum Gasteiger partial charge on any atom is -0.381 e. The molecule has 2 aromatic carbocycles. The van der Waals surface area contributed by atoms with Crippen molar-refractivity contribution < 1.29 is 21.6 Å². The van der Waals surface area contributed by atoms with Gasteiger partial charge in [0.15, 0.2) is 10.7 Å². The lowest BCUT2D eigenvalue weighted by molar-refractivity contribution is 0.274. The van der Waals surface area contributed by atoms with Crippen LogP contribution in [0.15, 0.2) is 57.9 Å². The predicted octanol–water partition coefficient (Wildman–Crippen LogP) is 4.84. The van der Waals surface area contributed by atoms with Crippen molar-refractivity contribution in [3.05, 3.63) is 81.6 Å². The number of thiazole rings is 1. The largest absolute Gasteiger partial charge is 0.381 e. The van der Waals surface area contributed by atoms with Gasteiger partial charge in [0.1, 0.15) is 17.5 Å². The molecule has 6 nitrogen and oxygen atoms in total. The third kappa shape index (κ3) is 4.30. The fraction of sp³-hybridized carbons (Fsp3) is 0.227. The second-order valence-corrected chi connectivity index (χ2v) is 10.3. The van der Waals surface area contributed by atoms with E-state index < -0.39 is 32.4 Å². The predicted molar refractivity (Wildman–Crippen MR) is 120 cm³/mol. The number of sulfonamides is 1. The monoisotopic (exact) mass is 492 g/mol. The zero-order valence-electron chi connectivity index (χ0n) is 17.2. The summed E-state index contributed by atoms with van der Waals surface area (Å²) in [6.07, 6.45) is 4.21. The lowest BCUT2D eigenvalue weighted by Gasteiger charge is -2.28. The van der Waals surface area contributed by atoms with Crippen LogP contribution in [0.4, 0.5) is 24.7 Å². The Kier molecular flexibility index (Phi) is 5.53. The topological polar surface area (TPSA) is 74.3 Å². The maximum atomic E-state index is 14.6. The smallest absolute Gasteiger partial charge is 0.268 e. The molecule has 0 unspecified atom stereocenters. The number of benzene rings is 2. The molecule has 3 aromatic rings. The van der Waals surface area contributed by atoms with Crippen LogP contribution < -0.4 is 10.0 Å². The van der Waals surface area contributed by atoms with Crippen molar-refractivity contribution in [2.24, 2.45) is 0 Å². The molecule has 6 rings (SSSR count). The molecule has 3 aliphatic rings. The first-order valence-electron chi connectivity index (χ1n) is 10.2. The highest BCUT2D eigenvalue weighted by Gasteiger charge is 2.34. The summed E-state index contributed by atoms with van der Waals surface area (Å²) >= 11 is 1.13. The number of hydrogen-bond donors (Lipinski definition) is 2. The number of nitrogens with one attached hydrogen (secondary N) is 2. The van der Waals surface area contributed by atoms with Crippen molar-refractivity contribution in [2.75, 3.05) is 10.0 Å². The minimum absolute atomic E-state index is 0.00245. The Morgan fingerprint density at radius 3 is 2.52 bits per heavy atom. The van der Waals surface area contributed by atoms with E-state index in [0.717, 1.165) is 41.9 Å². The molecule has 1 saturated carbocycles. The molecule has 0 radical (unpaired) electrons. The summed E-state index contributed by atoms with van der Waals surface area (Å²) in [5, 5.41) is 4.21. The van der Waals surface area contributed by atoms with Gasteiger partial charge in [-0.3, -0.25) is 4.72 Å². The van der Waals surface area contributed by atoms with Crippen LogP contribution in [0.5, 0.6) is 0 Å². The first-order valence-corrected chi connectivity index (χ1v) is 12.6. The van der Waals surface area contributed by atoms with Crippen LogP contribution in [0.1, 0.15) is 24.0 Å². The van der Waals surface area contributed by atoms with Crippen molar-refractivity contribution in [1.82, 2.24) is 9.88 Å². The van der Waals surface area contributed by atoms with Gasteiger partial charge in [0, 0.05) is 35.8 Å². The van der Waals surface area contributed by atoms with Gasteiger partial charge in [0.25, 0.3) is 10.0 Å². The van der Waals surface area contributed by atoms with E-state index in [1.807, 2.05) is 10.8 Å². The molecule has 11 heteroatoms. The second kappa shape index (κ2) is 8.38. The summed E-state index contributed by atoms with van der Waals surface area (Å²) in [5.41, 5.74) is 3.94. The van der Waals surface area contributed by atoms with E-state index in [4.69, 9.17) is 0 Å². The minimum atomic E-state index is -4.51. The first-order chi connectivity index (χ1) is 15.8. The van der Waals surface area contributed by atoms with Gasteiger partial charge in [-0.1, -0.05) is 17.7 Å². The normalized spacial score (nSPS) is 15.4. The Morgan fingerprint density at radius 2 is 1.88 bits per heavy atom. The van der Waals surface area contributed by atoms with Crippen molar-refractivity contribution in [1.29, 1.82) is 0 Å². The van der Waals surface area contributed by atoms with Crippen LogP contribution >= 0.6 is 11.3 Å². The van der Waals surface area contributed by atoms with Gasteiger partial charge in [-0.2, -0.15) is 0 Å². The van der Waals surface area contributed by atoms with Crippen LogP contribution in [0.25, 0.3) is 0 Å². The van der Waals surface area contributed by atoms with Crippen molar-refractivity contribution in [3.63, 3.8) is 0 Å². The van der Waals surface area contributed by atoms with Gasteiger partial charge in [0.05, 0.1) is 5.51 Å². The third-order valence-electron chi connectivity index (χ3n) is 5.79. The lowest BCUT2D eigenvalue weighted by Crippen LogP contribution is -2.29. The van der Waals surface area contributed by atoms with Gasteiger partial charge in [-0.25, -0.2) is 26.6 Å². The first kappa shape index (κ1) is 21.8. The fourth-order valence-electron chi connectivity index (χ4n) is 4.11. The molecule has 1 aliphatic carbocycles. The lowest BCUT2D eigenvalue weighted by atomic mass is 9.91. The summed E-state index contributed by atoms with van der Waals surface area (Å²) in [4.78, 5) is 4.84. The average molecular weight is 493 g/mol. The maximum Gasteiger partial charge on any atom is 0.268 e. The summed E-state index contributed by atoms with van der Waals surface area (Å²) in [6, 6.07) is 7.01. The molecular weight excluding hydrogens is 473 g/mol. The Balaban J connectivity index is 1.34. The molecule has 172 valence electrons. The molecule has 2 aliphatic heterocycles. The molecule has 0 amide bonds. The number of rotatable bonds is 8. The van der Waals surface area contributed by atoms with E-state index in [-0.39, 0.29) is 18.1 Å².